The van der Waals surface area contributed by atoms with E-state index in [1.807, 2.05) is 69.5 Å². The molecule has 11 N–H and O–H groups in total. The van der Waals surface area contributed by atoms with Crippen molar-refractivity contribution in [1.29, 1.82) is 0 Å². The standard InChI is InChI=1S/C95H146N12O26P2S6/c1-18-58(7)68(50-78(110)74-26-20-22-36-103(74)14)92(118)105(16)76(56(3)4)52-82(130-62(11)108)90-101-72(54-136-90)88(116)97-66(44-60(9)94(120)121)46-64-30-32-80(132-134(124,125)126)70(48-64)99-85(113)28-24-40-138-140-42-38-107(87(115)35-34-84(112)96-13)39-43-141-139-41-25-29-86(114)100-71-49-65(31-33-81(71)133-135(127,128)129)47-67(45-61(10)95(122)123)98-89(117)73-55-137-91(102-73)83(131-63(12)109)53-77(57(5)6)106(17)93(119)69(59(8)19-2)51-79(111)75-27-21-23-37-104(75)15/h30-33,48-49,54-61,66-69,74-77,82-83H,18-29,34-47,50-53H2,1-17H3,(H,96,112)(H,97,116)(H,98,117)(H,99,113)(H,100,114)(H,120,121)(H,122,123)(H2,124,125,126)(H2,127,128,129)/t58-,59-,60?,61?,66+,67+,68-,69-,74?,75?,76+,77+,82+,83+/m0/s1. The van der Waals surface area contributed by atoms with Crippen molar-refractivity contribution in [1.82, 2.24) is 50.4 Å². The number of rotatable bonds is 63. The van der Waals surface area contributed by atoms with Crippen LogP contribution in [0.3, 0.4) is 0 Å². The number of phosphoric ester groups is 2. The molecule has 141 heavy (non-hydrogen) atoms. The summed E-state index contributed by atoms with van der Waals surface area (Å²) in [5.74, 6) is -9.82. The zero-order valence-corrected chi connectivity index (χ0v) is 90.6. The summed E-state index contributed by atoms with van der Waals surface area (Å²) in [6.45, 7) is 23.2. The van der Waals surface area contributed by atoms with Gasteiger partial charge in [0.1, 0.15) is 21.4 Å². The summed E-state index contributed by atoms with van der Waals surface area (Å²) < 4.78 is 46.2. The minimum atomic E-state index is -5.21. The van der Waals surface area contributed by atoms with E-state index in [-0.39, 0.29) is 192 Å². The Morgan fingerprint density at radius 2 is 0.901 bits per heavy atom. The number of aliphatic carboxylic acids is 2. The van der Waals surface area contributed by atoms with Gasteiger partial charge in [-0.05, 0) is 150 Å². The van der Waals surface area contributed by atoms with Gasteiger partial charge in [-0.2, -0.15) is 0 Å². The maximum absolute atomic E-state index is 14.6. The van der Waals surface area contributed by atoms with E-state index in [9.17, 15) is 106 Å². The molecule has 8 amide bonds. The number of carboxylic acid groups (broad SMARTS) is 2. The predicted octanol–water partition coefficient (Wildman–Crippen LogP) is 13.9. The van der Waals surface area contributed by atoms with Gasteiger partial charge in [0.25, 0.3) is 11.8 Å². The molecule has 14 atom stereocenters. The van der Waals surface area contributed by atoms with E-state index in [4.69, 9.17) is 18.5 Å². The highest BCUT2D eigenvalue weighted by atomic mass is 33.1. The molecule has 2 aromatic heterocycles. The molecular formula is C95H146N12O26P2S6. The molecule has 788 valence electrons. The van der Waals surface area contributed by atoms with Crippen molar-refractivity contribution in [3.05, 3.63) is 79.7 Å². The summed E-state index contributed by atoms with van der Waals surface area (Å²) in [5.41, 5.74) is 0.358. The predicted molar refractivity (Wildman–Crippen MR) is 547 cm³/mol. The number of likely N-dealkylation sites (tertiary alicyclic amines) is 2. The van der Waals surface area contributed by atoms with Crippen LogP contribution in [0, 0.1) is 47.3 Å². The number of piperidine rings is 2. The smallest absolute Gasteiger partial charge is 0.481 e. The van der Waals surface area contributed by atoms with E-state index >= 15 is 0 Å². The largest absolute Gasteiger partial charge is 0.524 e. The molecule has 2 fully saturated rings. The van der Waals surface area contributed by atoms with Crippen LogP contribution in [-0.4, -0.2) is 268 Å². The summed E-state index contributed by atoms with van der Waals surface area (Å²) in [6, 6.07) is 4.73. The molecule has 0 saturated carbocycles. The first-order valence-corrected chi connectivity index (χ1v) is 57.9. The summed E-state index contributed by atoms with van der Waals surface area (Å²) in [7, 11) is 4.01. The number of benzene rings is 2. The summed E-state index contributed by atoms with van der Waals surface area (Å²) in [5, 5.41) is 37.2. The Balaban J connectivity index is 1.03. The van der Waals surface area contributed by atoms with Crippen LogP contribution in [0.2, 0.25) is 0 Å². The quantitative estimate of drug-likeness (QED) is 0.00846. The van der Waals surface area contributed by atoms with Crippen molar-refractivity contribution >= 4 is 176 Å². The number of anilines is 2. The van der Waals surface area contributed by atoms with Crippen LogP contribution in [0.1, 0.15) is 266 Å². The Morgan fingerprint density at radius 3 is 1.23 bits per heavy atom. The van der Waals surface area contributed by atoms with Crippen LogP contribution in [0.4, 0.5) is 11.4 Å². The van der Waals surface area contributed by atoms with Crippen LogP contribution in [-0.2, 0) is 89.0 Å². The SMILES string of the molecule is CC[C@H](C)[C@H](CC(=O)C1CCCCN1C)C(=O)N(C)[C@H](C[C@@H](OC(C)=O)c1nc(C(=O)N[C@@H](Cc2ccc(OP(=O)(O)O)c(NC(=O)CCCSSCCN(CCSSCCCC(=O)Nc3cc(C[C@@H](CC(C)C(=O)O)NC(=O)c4csc([C@@H](C[C@H](C(C)C)N(C)C(=O)[C@@H](CC(=O)C5CCCCN5C)[C@@H](C)CC)OC(C)=O)n4)ccc3OP(=O)(O)O)C(=O)CCC(=O)NC)c2)CC(C)C(=O)O)cs1)C(C)C. The lowest BCUT2D eigenvalue weighted by Crippen LogP contribution is -2.48. The number of phosphoric acid groups is 2. The first-order chi connectivity index (χ1) is 66.4. The molecule has 0 bridgehead atoms. The number of likely N-dealkylation sites (N-methyl/N-ethyl adjacent to an activating group) is 2. The highest BCUT2D eigenvalue weighted by Crippen LogP contribution is 2.45. The zero-order chi connectivity index (χ0) is 105. The minimum Gasteiger partial charge on any atom is -0.481 e. The Kier molecular flexibility index (Phi) is 51.8. The number of carboxylic acids is 2. The van der Waals surface area contributed by atoms with E-state index < -0.39 is 123 Å². The summed E-state index contributed by atoms with van der Waals surface area (Å²) in [4.78, 5) is 246. The van der Waals surface area contributed by atoms with Gasteiger partial charge in [0.05, 0.1) is 35.3 Å². The maximum Gasteiger partial charge on any atom is 0.524 e. The number of esters is 2. The summed E-state index contributed by atoms with van der Waals surface area (Å²) >= 11 is 2.10. The average molecular weight is 2130 g/mol. The van der Waals surface area contributed by atoms with E-state index in [0.29, 0.717) is 72.9 Å². The molecule has 2 aliphatic rings. The van der Waals surface area contributed by atoms with Crippen molar-refractivity contribution in [3.8, 4) is 11.5 Å². The second-order valence-corrected chi connectivity index (χ2v) is 46.8. The van der Waals surface area contributed by atoms with E-state index in [1.54, 1.807) is 28.8 Å². The van der Waals surface area contributed by atoms with Crippen molar-refractivity contribution in [2.24, 2.45) is 47.3 Å². The van der Waals surface area contributed by atoms with Gasteiger partial charge in [0.2, 0.25) is 35.4 Å². The number of hydrogen-bond acceptors (Lipinski definition) is 30. The third-order valence-electron chi connectivity index (χ3n) is 25.6. The highest BCUT2D eigenvalue weighted by Gasteiger charge is 2.42. The van der Waals surface area contributed by atoms with Gasteiger partial charge in [-0.15, -0.1) is 22.7 Å². The number of nitrogens with zero attached hydrogens (tertiary/aromatic N) is 7. The van der Waals surface area contributed by atoms with Crippen LogP contribution in [0.25, 0.3) is 0 Å². The number of ether oxygens (including phenoxy) is 2. The third-order valence-corrected chi connectivity index (χ3v) is 33.3. The molecule has 4 aromatic rings. The van der Waals surface area contributed by atoms with E-state index in [1.165, 1.54) is 125 Å². The monoisotopic (exact) mass is 2120 g/mol. The number of carbonyl (C=O) groups is 14. The molecule has 4 unspecified atom stereocenters. The molecule has 0 spiro atoms. The van der Waals surface area contributed by atoms with Crippen LogP contribution in [0.5, 0.6) is 11.5 Å². The molecule has 6 rings (SSSR count). The lowest BCUT2D eigenvalue weighted by atomic mass is 9.83. The summed E-state index contributed by atoms with van der Waals surface area (Å²) in [6.07, 6.45) is 5.03. The number of nitrogens with one attached hydrogen (secondary N) is 5. The second kappa shape index (κ2) is 60.1. The normalized spacial score (nSPS) is 16.9. The Bertz CT molecular complexity index is 4660. The van der Waals surface area contributed by atoms with Crippen molar-refractivity contribution in [2.45, 2.75) is 273 Å². The lowest BCUT2D eigenvalue weighted by Gasteiger charge is -2.37. The Hall–Kier alpha value is -8.10. The molecule has 2 saturated heterocycles. The third kappa shape index (κ3) is 41.7. The number of ketones is 2. The number of amides is 8. The van der Waals surface area contributed by atoms with Gasteiger partial charge in [0.15, 0.2) is 35.3 Å². The number of aromatic nitrogens is 2. The number of carbonyl (C=O) groups excluding carboxylic acids is 12. The van der Waals surface area contributed by atoms with Gasteiger partial charge in [-0.25, -0.2) is 19.1 Å². The maximum atomic E-state index is 14.6. The van der Waals surface area contributed by atoms with Crippen molar-refractivity contribution in [2.75, 3.05) is 95.1 Å². The van der Waals surface area contributed by atoms with Gasteiger partial charge < -0.3 is 70.0 Å². The van der Waals surface area contributed by atoms with Crippen LogP contribution in [0.15, 0.2) is 47.2 Å². The van der Waals surface area contributed by atoms with E-state index in [2.05, 4.69) is 46.4 Å². The molecule has 38 nitrogen and oxygen atoms in total. The molecule has 2 aromatic carbocycles. The van der Waals surface area contributed by atoms with Crippen LogP contribution >= 0.6 is 81.5 Å². The molecule has 46 heteroatoms. The Labute approximate surface area is 851 Å². The second-order valence-electron chi connectivity index (χ2n) is 37.3. The highest BCUT2D eigenvalue weighted by molar-refractivity contribution is 8.77. The van der Waals surface area contributed by atoms with Crippen molar-refractivity contribution in [3.63, 3.8) is 0 Å². The average Bonchev–Trinajstić information content (AvgIpc) is 1.81. The molecule has 4 heterocycles. The zero-order valence-electron chi connectivity index (χ0n) is 83.9. The number of hydrogen-bond donors (Lipinski definition) is 11. The molecule has 0 aliphatic carbocycles. The van der Waals surface area contributed by atoms with Gasteiger partial charge in [-0.1, -0.05) is 150 Å². The number of thiazole rings is 2. The number of Topliss-reactive ketones (excluding diaryl/α,β-unsaturated/α-hetero) is 2. The molecule has 2 aliphatic heterocycles. The first-order valence-electron chi connectivity index (χ1n) is 48.1. The van der Waals surface area contributed by atoms with Crippen LogP contribution < -0.4 is 35.6 Å². The lowest BCUT2D eigenvalue weighted by molar-refractivity contribution is -0.150. The minimum absolute atomic E-state index is 0.0286. The Morgan fingerprint density at radius 1 is 0.525 bits per heavy atom. The molecular weight excluding hydrogens is 1980 g/mol. The van der Waals surface area contributed by atoms with Gasteiger partial charge >= 0.3 is 39.5 Å². The van der Waals surface area contributed by atoms with Gasteiger partial charge in [-0.3, -0.25) is 96.5 Å². The fourth-order valence-corrected chi connectivity index (χ4v) is 23.8. The van der Waals surface area contributed by atoms with E-state index in [0.717, 1.165) is 74.3 Å². The topological polar surface area (TPSA) is 534 Å². The molecule has 0 radical (unpaired) electrons. The fourth-order valence-electron chi connectivity index (χ4n) is 17.2. The van der Waals surface area contributed by atoms with Crippen molar-refractivity contribution < 1.29 is 125 Å². The van der Waals surface area contributed by atoms with Gasteiger partial charge in [0, 0.05) is 169 Å². The first kappa shape index (κ1) is 122. The fraction of sp³-hybridized carbons (Fsp3) is 0.663.